The Hall–Kier alpha value is -0.610. The van der Waals surface area contributed by atoms with Crippen LogP contribution in [0.5, 0.6) is 0 Å². The van der Waals surface area contributed by atoms with Gasteiger partial charge in [-0.2, -0.15) is 5.10 Å². The number of pyridine rings is 1. The van der Waals surface area contributed by atoms with Crippen LogP contribution in [0.4, 0.5) is 0 Å². The zero-order valence-corrected chi connectivity index (χ0v) is 7.65. The van der Waals surface area contributed by atoms with E-state index in [2.05, 4.69) is 31.1 Å². The number of nitrogens with zero attached hydrogens (tertiary/aromatic N) is 2. The Labute approximate surface area is 75.9 Å². The van der Waals surface area contributed by atoms with Crippen LogP contribution in [0.15, 0.2) is 16.9 Å². The minimum Gasteiger partial charge on any atom is -0.269 e. The minimum atomic E-state index is 0.594. The molecule has 0 saturated carbocycles. The number of aromatic nitrogens is 3. The van der Waals surface area contributed by atoms with Gasteiger partial charge in [0.25, 0.3) is 0 Å². The lowest BCUT2D eigenvalue weighted by molar-refractivity contribution is 1.10. The molecule has 11 heavy (non-hydrogen) atoms. The fraction of sp³-hybridized carbons (Fsp3) is 0. The van der Waals surface area contributed by atoms with Crippen molar-refractivity contribution in [2.75, 3.05) is 0 Å². The molecule has 1 N–H and O–H groups in total. The number of H-pyrrole nitrogens is 1. The predicted octanol–water partition coefficient (Wildman–Crippen LogP) is 2.37. The molecule has 0 unspecified atom stereocenters. The molecule has 0 fully saturated rings. The first-order chi connectivity index (χ1) is 5.27. The van der Waals surface area contributed by atoms with Crippen molar-refractivity contribution in [3.63, 3.8) is 0 Å². The Kier molecular flexibility index (Phi) is 1.58. The molecule has 2 aromatic heterocycles. The van der Waals surface area contributed by atoms with Crippen LogP contribution in [0.1, 0.15) is 0 Å². The summed E-state index contributed by atoms with van der Waals surface area (Å²) in [6.45, 7) is 0. The van der Waals surface area contributed by atoms with Gasteiger partial charge in [-0.3, -0.25) is 10.1 Å². The van der Waals surface area contributed by atoms with Crippen molar-refractivity contribution in [3.05, 3.63) is 21.9 Å². The maximum absolute atomic E-state index is 5.70. The second kappa shape index (κ2) is 2.46. The maximum Gasteiger partial charge on any atom is 0.127 e. The Morgan fingerprint density at radius 2 is 2.36 bits per heavy atom. The second-order valence-electron chi connectivity index (χ2n) is 2.06. The highest BCUT2D eigenvalue weighted by atomic mass is 79.9. The summed E-state index contributed by atoms with van der Waals surface area (Å²) >= 11 is 8.96. The van der Waals surface area contributed by atoms with Crippen molar-refractivity contribution in [1.82, 2.24) is 15.2 Å². The summed E-state index contributed by atoms with van der Waals surface area (Å²) in [6, 6.07) is 1.76. The molecule has 56 valence electrons. The number of rotatable bonds is 0. The third-order valence-corrected chi connectivity index (χ3v) is 2.08. The predicted molar refractivity (Wildman–Crippen MR) is 46.6 cm³/mol. The molecule has 0 bridgehead atoms. The SMILES string of the molecule is Clc1cnc2c(Br)[nH]nc2c1. The van der Waals surface area contributed by atoms with Gasteiger partial charge in [-0.05, 0) is 22.0 Å². The average Bonchev–Trinajstić information content (AvgIpc) is 2.32. The van der Waals surface area contributed by atoms with E-state index in [0.717, 1.165) is 15.6 Å². The fourth-order valence-electron chi connectivity index (χ4n) is 0.845. The first-order valence-electron chi connectivity index (χ1n) is 2.92. The van der Waals surface area contributed by atoms with Gasteiger partial charge in [0, 0.05) is 6.20 Å². The molecule has 0 aliphatic heterocycles. The van der Waals surface area contributed by atoms with Gasteiger partial charge >= 0.3 is 0 Å². The van der Waals surface area contributed by atoms with Crippen molar-refractivity contribution in [1.29, 1.82) is 0 Å². The standard InChI is InChI=1S/C6H3BrClN3/c7-6-5-4(10-11-6)1-3(8)2-9-5/h1-2H,(H,10,11). The minimum absolute atomic E-state index is 0.594. The summed E-state index contributed by atoms with van der Waals surface area (Å²) in [6.07, 6.45) is 1.59. The Balaban J connectivity index is 2.86. The van der Waals surface area contributed by atoms with Gasteiger partial charge in [-0.1, -0.05) is 11.6 Å². The zero-order chi connectivity index (χ0) is 7.84. The molecule has 0 amide bonds. The van der Waals surface area contributed by atoms with E-state index in [1.54, 1.807) is 12.3 Å². The molecule has 2 aromatic rings. The topological polar surface area (TPSA) is 41.6 Å². The Bertz CT molecular complexity index is 398. The van der Waals surface area contributed by atoms with E-state index < -0.39 is 0 Å². The number of hydrogen-bond donors (Lipinski definition) is 1. The summed E-state index contributed by atoms with van der Waals surface area (Å²) < 4.78 is 0.782. The Morgan fingerprint density at radius 1 is 1.55 bits per heavy atom. The van der Waals surface area contributed by atoms with E-state index in [-0.39, 0.29) is 0 Å². The first kappa shape index (κ1) is 7.06. The van der Waals surface area contributed by atoms with E-state index >= 15 is 0 Å². The lowest BCUT2D eigenvalue weighted by Gasteiger charge is -1.87. The van der Waals surface area contributed by atoms with Gasteiger partial charge in [-0.15, -0.1) is 0 Å². The number of nitrogens with one attached hydrogen (secondary N) is 1. The molecule has 0 spiro atoms. The molecule has 0 aromatic carbocycles. The van der Waals surface area contributed by atoms with Crippen LogP contribution in [-0.2, 0) is 0 Å². The molecule has 0 aliphatic carbocycles. The summed E-state index contributed by atoms with van der Waals surface area (Å²) in [5.74, 6) is 0. The van der Waals surface area contributed by atoms with Gasteiger partial charge in [0.2, 0.25) is 0 Å². The summed E-state index contributed by atoms with van der Waals surface area (Å²) in [4.78, 5) is 4.07. The van der Waals surface area contributed by atoms with Crippen LogP contribution >= 0.6 is 27.5 Å². The molecule has 3 nitrogen and oxygen atoms in total. The molecule has 0 aliphatic rings. The van der Waals surface area contributed by atoms with Crippen molar-refractivity contribution in [2.24, 2.45) is 0 Å². The van der Waals surface area contributed by atoms with Crippen molar-refractivity contribution < 1.29 is 0 Å². The van der Waals surface area contributed by atoms with E-state index in [9.17, 15) is 0 Å². The highest BCUT2D eigenvalue weighted by Crippen LogP contribution is 2.20. The highest BCUT2D eigenvalue weighted by Gasteiger charge is 2.02. The molecule has 0 atom stereocenters. The summed E-state index contributed by atoms with van der Waals surface area (Å²) in [5, 5.41) is 7.30. The molecular weight excluding hydrogens is 229 g/mol. The van der Waals surface area contributed by atoms with E-state index in [4.69, 9.17) is 11.6 Å². The number of fused-ring (bicyclic) bond motifs is 1. The Morgan fingerprint density at radius 3 is 3.18 bits per heavy atom. The largest absolute Gasteiger partial charge is 0.269 e. The molecule has 0 radical (unpaired) electrons. The van der Waals surface area contributed by atoms with Crippen LogP contribution < -0.4 is 0 Å². The van der Waals surface area contributed by atoms with Gasteiger partial charge in [-0.25, -0.2) is 0 Å². The average molecular weight is 232 g/mol. The molecule has 2 heterocycles. The summed E-state index contributed by atoms with van der Waals surface area (Å²) in [7, 11) is 0. The van der Waals surface area contributed by atoms with Gasteiger partial charge in [0.15, 0.2) is 0 Å². The summed E-state index contributed by atoms with van der Waals surface area (Å²) in [5.41, 5.74) is 1.57. The normalized spacial score (nSPS) is 10.7. The van der Waals surface area contributed by atoms with Crippen LogP contribution in [0.25, 0.3) is 11.0 Å². The maximum atomic E-state index is 5.70. The monoisotopic (exact) mass is 231 g/mol. The smallest absolute Gasteiger partial charge is 0.127 e. The van der Waals surface area contributed by atoms with Gasteiger partial charge < -0.3 is 0 Å². The van der Waals surface area contributed by atoms with Crippen LogP contribution in [0.2, 0.25) is 5.02 Å². The number of aromatic amines is 1. The van der Waals surface area contributed by atoms with E-state index in [1.165, 1.54) is 0 Å². The van der Waals surface area contributed by atoms with E-state index in [1.807, 2.05) is 0 Å². The quantitative estimate of drug-likeness (QED) is 0.758. The highest BCUT2D eigenvalue weighted by molar-refractivity contribution is 9.10. The van der Waals surface area contributed by atoms with Crippen LogP contribution in [0, 0.1) is 0 Å². The molecule has 5 heteroatoms. The van der Waals surface area contributed by atoms with Crippen molar-refractivity contribution in [3.8, 4) is 0 Å². The second-order valence-corrected chi connectivity index (χ2v) is 3.29. The van der Waals surface area contributed by atoms with Crippen molar-refractivity contribution in [2.45, 2.75) is 0 Å². The van der Waals surface area contributed by atoms with Crippen molar-refractivity contribution >= 4 is 38.6 Å². The third kappa shape index (κ3) is 1.12. The molecule has 2 rings (SSSR count). The fourth-order valence-corrected chi connectivity index (χ4v) is 1.39. The van der Waals surface area contributed by atoms with Crippen LogP contribution in [0.3, 0.4) is 0 Å². The van der Waals surface area contributed by atoms with Gasteiger partial charge in [0.05, 0.1) is 5.02 Å². The number of halogens is 2. The third-order valence-electron chi connectivity index (χ3n) is 1.32. The molecule has 0 saturated heterocycles. The zero-order valence-electron chi connectivity index (χ0n) is 5.31. The van der Waals surface area contributed by atoms with Crippen LogP contribution in [-0.4, -0.2) is 15.2 Å². The number of hydrogen-bond acceptors (Lipinski definition) is 2. The lowest BCUT2D eigenvalue weighted by atomic mass is 10.4. The lowest BCUT2D eigenvalue weighted by Crippen LogP contribution is -1.73. The first-order valence-corrected chi connectivity index (χ1v) is 4.09. The van der Waals surface area contributed by atoms with Gasteiger partial charge in [0.1, 0.15) is 15.6 Å². The van der Waals surface area contributed by atoms with E-state index in [0.29, 0.717) is 5.02 Å². The molecular formula is C6H3BrClN3.